The molecule has 60 valence electrons. The van der Waals surface area contributed by atoms with E-state index in [9.17, 15) is 4.79 Å². The number of rotatable bonds is 3. The normalized spacial score (nSPS) is 28.8. The van der Waals surface area contributed by atoms with Crippen LogP contribution in [0.3, 0.4) is 0 Å². The maximum absolute atomic E-state index is 10.8. The summed E-state index contributed by atoms with van der Waals surface area (Å²) in [4.78, 5) is 10.8. The topological polar surface area (TPSA) is 17.1 Å². The van der Waals surface area contributed by atoms with Crippen molar-refractivity contribution in [1.29, 1.82) is 0 Å². The first-order chi connectivity index (χ1) is 5.24. The second-order valence-corrected chi connectivity index (χ2v) is 3.13. The Kier molecular flexibility index (Phi) is 2.64. The number of Topliss-reactive ketones (excluding diaryl/α,β-unsaturated/α-hetero) is 1. The lowest BCUT2D eigenvalue weighted by atomic mass is 9.91. The zero-order valence-corrected chi connectivity index (χ0v) is 6.92. The van der Waals surface area contributed by atoms with Gasteiger partial charge in [-0.3, -0.25) is 0 Å². The van der Waals surface area contributed by atoms with Crippen molar-refractivity contribution < 1.29 is 4.79 Å². The highest BCUT2D eigenvalue weighted by Crippen LogP contribution is 2.28. The first kappa shape index (κ1) is 8.25. The summed E-state index contributed by atoms with van der Waals surface area (Å²) >= 11 is 0. The van der Waals surface area contributed by atoms with Gasteiger partial charge in [0.15, 0.2) is 0 Å². The molecule has 0 radical (unpaired) electrons. The van der Waals surface area contributed by atoms with E-state index in [1.54, 1.807) is 6.92 Å². The Balaban J connectivity index is 2.49. The summed E-state index contributed by atoms with van der Waals surface area (Å²) in [5, 5.41) is 0. The number of carbonyl (C=O) groups excluding carboxylic acids is 1. The van der Waals surface area contributed by atoms with Crippen LogP contribution < -0.4 is 0 Å². The Morgan fingerprint density at radius 1 is 1.82 bits per heavy atom. The molecule has 0 spiro atoms. The van der Waals surface area contributed by atoms with E-state index in [-0.39, 0.29) is 5.78 Å². The molecule has 1 aliphatic carbocycles. The monoisotopic (exact) mass is 150 g/mol. The van der Waals surface area contributed by atoms with Crippen LogP contribution in [0.25, 0.3) is 0 Å². The summed E-state index contributed by atoms with van der Waals surface area (Å²) in [7, 11) is 0. The van der Waals surface area contributed by atoms with Crippen LogP contribution in [-0.4, -0.2) is 5.78 Å². The molecule has 0 N–H and O–H groups in total. The fraction of sp³-hybridized carbons (Fsp3) is 0.500. The Hall–Kier alpha value is -0.850. The van der Waals surface area contributed by atoms with Gasteiger partial charge in [0.05, 0.1) is 0 Å². The molecular formula is C10H14O. The Labute approximate surface area is 67.8 Å². The molecule has 1 rings (SSSR count). The Bertz CT molecular complexity index is 191. The maximum atomic E-state index is 10.8. The fourth-order valence-electron chi connectivity index (χ4n) is 1.55. The molecule has 0 bridgehead atoms. The van der Waals surface area contributed by atoms with Gasteiger partial charge >= 0.3 is 0 Å². The third-order valence-corrected chi connectivity index (χ3v) is 2.17. The molecule has 0 aromatic heterocycles. The molecule has 0 heterocycles. The lowest BCUT2D eigenvalue weighted by Crippen LogP contribution is -2.08. The van der Waals surface area contributed by atoms with Gasteiger partial charge in [-0.15, -0.1) is 6.58 Å². The van der Waals surface area contributed by atoms with Crippen LogP contribution in [0.1, 0.15) is 19.8 Å². The van der Waals surface area contributed by atoms with Gasteiger partial charge in [0.25, 0.3) is 0 Å². The lowest BCUT2D eigenvalue weighted by Gasteiger charge is -2.12. The van der Waals surface area contributed by atoms with Crippen LogP contribution in [0.2, 0.25) is 0 Å². The largest absolute Gasteiger partial charge is 0.300 e. The minimum Gasteiger partial charge on any atom is -0.300 e. The third kappa shape index (κ3) is 2.04. The summed E-state index contributed by atoms with van der Waals surface area (Å²) in [5.74, 6) is 1.19. The van der Waals surface area contributed by atoms with Gasteiger partial charge in [0.2, 0.25) is 0 Å². The zero-order valence-electron chi connectivity index (χ0n) is 6.92. The molecule has 0 saturated heterocycles. The highest BCUT2D eigenvalue weighted by molar-refractivity contribution is 5.76. The Morgan fingerprint density at radius 3 is 3.09 bits per heavy atom. The van der Waals surface area contributed by atoms with Crippen molar-refractivity contribution >= 4 is 5.78 Å². The first-order valence-corrected chi connectivity index (χ1v) is 4.02. The zero-order chi connectivity index (χ0) is 8.27. The summed E-state index contributed by atoms with van der Waals surface area (Å²) in [6.45, 7) is 5.39. The summed E-state index contributed by atoms with van der Waals surface area (Å²) < 4.78 is 0. The van der Waals surface area contributed by atoms with Crippen LogP contribution in [0.15, 0.2) is 24.8 Å². The van der Waals surface area contributed by atoms with Crippen LogP contribution >= 0.6 is 0 Å². The van der Waals surface area contributed by atoms with Gasteiger partial charge in [-0.05, 0) is 25.2 Å². The van der Waals surface area contributed by atoms with Gasteiger partial charge in [-0.25, -0.2) is 0 Å². The van der Waals surface area contributed by atoms with Crippen molar-refractivity contribution in [3.05, 3.63) is 24.8 Å². The van der Waals surface area contributed by atoms with E-state index in [0.717, 1.165) is 6.42 Å². The predicted octanol–water partition coefficient (Wildman–Crippen LogP) is 2.34. The van der Waals surface area contributed by atoms with Gasteiger partial charge in [0.1, 0.15) is 5.78 Å². The van der Waals surface area contributed by atoms with E-state index in [2.05, 4.69) is 18.7 Å². The minimum absolute atomic E-state index is 0.272. The van der Waals surface area contributed by atoms with E-state index in [0.29, 0.717) is 18.3 Å². The predicted molar refractivity (Wildman–Crippen MR) is 46.2 cm³/mol. The molecule has 1 aliphatic rings. The molecule has 0 aliphatic heterocycles. The average Bonchev–Trinajstić information content (AvgIpc) is 2.34. The van der Waals surface area contributed by atoms with Gasteiger partial charge in [0, 0.05) is 6.42 Å². The van der Waals surface area contributed by atoms with Crippen molar-refractivity contribution in [3.63, 3.8) is 0 Å². The van der Waals surface area contributed by atoms with Crippen molar-refractivity contribution in [1.82, 2.24) is 0 Å². The first-order valence-electron chi connectivity index (χ1n) is 4.02. The molecule has 0 saturated carbocycles. The standard InChI is InChI=1S/C10H14O/c1-3-9-5-4-6-10(9)7-8(2)11/h3-4,6,9-10H,1,5,7H2,2H3. The lowest BCUT2D eigenvalue weighted by molar-refractivity contribution is -0.117. The molecule has 11 heavy (non-hydrogen) atoms. The summed E-state index contributed by atoms with van der Waals surface area (Å²) in [6, 6.07) is 0. The molecule has 0 fully saturated rings. The van der Waals surface area contributed by atoms with Crippen LogP contribution in [0.5, 0.6) is 0 Å². The highest BCUT2D eigenvalue weighted by Gasteiger charge is 2.20. The number of hydrogen-bond acceptors (Lipinski definition) is 1. The Morgan fingerprint density at radius 2 is 2.55 bits per heavy atom. The van der Waals surface area contributed by atoms with E-state index in [4.69, 9.17) is 0 Å². The minimum atomic E-state index is 0.272. The van der Waals surface area contributed by atoms with E-state index >= 15 is 0 Å². The van der Waals surface area contributed by atoms with Crippen molar-refractivity contribution in [2.75, 3.05) is 0 Å². The summed E-state index contributed by atoms with van der Waals surface area (Å²) in [5.41, 5.74) is 0. The van der Waals surface area contributed by atoms with Crippen LogP contribution in [0, 0.1) is 11.8 Å². The van der Waals surface area contributed by atoms with Crippen LogP contribution in [-0.2, 0) is 4.79 Å². The molecule has 2 unspecified atom stereocenters. The average molecular weight is 150 g/mol. The summed E-state index contributed by atoms with van der Waals surface area (Å²) in [6.07, 6.45) is 7.95. The molecule has 2 atom stereocenters. The van der Waals surface area contributed by atoms with Crippen molar-refractivity contribution in [2.24, 2.45) is 11.8 Å². The van der Waals surface area contributed by atoms with E-state index < -0.39 is 0 Å². The van der Waals surface area contributed by atoms with Crippen molar-refractivity contribution in [3.8, 4) is 0 Å². The smallest absolute Gasteiger partial charge is 0.130 e. The number of hydrogen-bond donors (Lipinski definition) is 0. The fourth-order valence-corrected chi connectivity index (χ4v) is 1.55. The molecule has 1 nitrogen and oxygen atoms in total. The third-order valence-electron chi connectivity index (χ3n) is 2.17. The SMILES string of the molecule is C=CC1CC=CC1CC(C)=O. The van der Waals surface area contributed by atoms with Crippen LogP contribution in [0.4, 0.5) is 0 Å². The molecule has 0 amide bonds. The van der Waals surface area contributed by atoms with E-state index in [1.165, 1.54) is 0 Å². The highest BCUT2D eigenvalue weighted by atomic mass is 16.1. The second kappa shape index (κ2) is 3.51. The van der Waals surface area contributed by atoms with Crippen molar-refractivity contribution in [2.45, 2.75) is 19.8 Å². The van der Waals surface area contributed by atoms with Gasteiger partial charge < -0.3 is 4.79 Å². The number of ketones is 1. The molecule has 1 heteroatoms. The quantitative estimate of drug-likeness (QED) is 0.564. The maximum Gasteiger partial charge on any atom is 0.130 e. The molecular weight excluding hydrogens is 136 g/mol. The second-order valence-electron chi connectivity index (χ2n) is 3.13. The van der Waals surface area contributed by atoms with Gasteiger partial charge in [-0.1, -0.05) is 18.2 Å². The van der Waals surface area contributed by atoms with E-state index in [1.807, 2.05) is 6.08 Å². The number of allylic oxidation sites excluding steroid dienone is 3. The molecule has 0 aromatic carbocycles. The molecule has 0 aromatic rings. The van der Waals surface area contributed by atoms with Gasteiger partial charge in [-0.2, -0.15) is 0 Å². The number of carbonyl (C=O) groups is 1.